The topological polar surface area (TPSA) is 406 Å². The summed E-state index contributed by atoms with van der Waals surface area (Å²) in [6.07, 6.45) is 36.6. The van der Waals surface area contributed by atoms with Crippen LogP contribution >= 0.6 is 0 Å². The summed E-state index contributed by atoms with van der Waals surface area (Å²) < 4.78 is 0. The molecule has 0 aliphatic carbocycles. The number of pyridine rings is 8. The average molecular weight is 2000 g/mol. The van der Waals surface area contributed by atoms with Crippen LogP contribution in [0.15, 0.2) is 227 Å². The van der Waals surface area contributed by atoms with Crippen LogP contribution in [0.1, 0.15) is 67.4 Å². The molecule has 16 aromatic heterocycles. The van der Waals surface area contributed by atoms with Gasteiger partial charge in [0.2, 0.25) is 0 Å². The molecule has 758 valence electrons. The summed E-state index contributed by atoms with van der Waals surface area (Å²) in [5.74, 6) is 2.75. The van der Waals surface area contributed by atoms with Crippen molar-refractivity contribution in [3.8, 4) is 90.6 Å². The number of hydrogen-bond donors (Lipinski definition) is 10. The van der Waals surface area contributed by atoms with E-state index in [2.05, 4.69) is 281 Å². The van der Waals surface area contributed by atoms with Crippen LogP contribution in [-0.4, -0.2) is 321 Å². The number of carbonyl (C=O) groups excluding carboxylic acids is 1. The molecule has 27 rings (SSSR count). The van der Waals surface area contributed by atoms with Crippen LogP contribution in [0.3, 0.4) is 0 Å². The van der Waals surface area contributed by atoms with E-state index < -0.39 is 0 Å². The van der Waals surface area contributed by atoms with Gasteiger partial charge in [0.15, 0.2) is 23.3 Å². The number of hydrogen-bond acceptors (Lipinski definition) is 28. The van der Waals surface area contributed by atoms with Crippen LogP contribution in [0.25, 0.3) is 178 Å². The van der Waals surface area contributed by atoms with Gasteiger partial charge in [-0.05, 0) is 212 Å². The Morgan fingerprint density at radius 3 is 0.913 bits per heavy atom. The lowest BCUT2D eigenvalue weighted by Gasteiger charge is -2.33. The van der Waals surface area contributed by atoms with Crippen molar-refractivity contribution in [2.24, 2.45) is 0 Å². The number of anilines is 6. The molecule has 0 atom stereocenters. The van der Waals surface area contributed by atoms with Crippen molar-refractivity contribution in [2.45, 2.75) is 65.1 Å². The van der Waals surface area contributed by atoms with Crippen LogP contribution in [-0.2, 0) is 13.1 Å². The van der Waals surface area contributed by atoms with E-state index in [0.717, 1.165) is 319 Å². The second kappa shape index (κ2) is 42.3. The molecular formula is C113H120N36O. The zero-order valence-electron chi connectivity index (χ0n) is 85.1. The number of nitrogens with zero attached hydrogens (tertiary/aromatic N) is 26. The van der Waals surface area contributed by atoms with Gasteiger partial charge in [0, 0.05) is 217 Å². The Balaban J connectivity index is 0.000000107. The van der Waals surface area contributed by atoms with Gasteiger partial charge >= 0.3 is 0 Å². The number of H-pyrrole nitrogens is 8. The van der Waals surface area contributed by atoms with E-state index in [4.69, 9.17) is 19.9 Å². The van der Waals surface area contributed by atoms with E-state index in [1.165, 1.54) is 69.4 Å². The second-order valence-electron chi connectivity index (χ2n) is 40.6. The van der Waals surface area contributed by atoms with Crippen molar-refractivity contribution >= 4 is 128 Å². The molecule has 10 N–H and O–H groups in total. The Morgan fingerprint density at radius 2 is 0.587 bits per heavy atom. The average Bonchev–Trinajstić information content (AvgIpc) is 1.62. The lowest BCUT2D eigenvalue weighted by Crippen LogP contribution is -2.44. The Kier molecular flexibility index (Phi) is 26.9. The molecule has 6 saturated heterocycles. The summed E-state index contributed by atoms with van der Waals surface area (Å²) in [6.45, 7) is 26.8. The highest BCUT2D eigenvalue weighted by Crippen LogP contribution is 2.41. The van der Waals surface area contributed by atoms with Crippen LogP contribution in [0.4, 0.5) is 34.1 Å². The first-order valence-corrected chi connectivity index (χ1v) is 52.0. The van der Waals surface area contributed by atoms with E-state index in [9.17, 15) is 4.79 Å². The minimum absolute atomic E-state index is 0.178. The summed E-state index contributed by atoms with van der Waals surface area (Å²) in [4.78, 5) is 106. The first kappa shape index (κ1) is 95.5. The molecule has 6 fully saturated rings. The molecular weight excluding hydrogens is 1880 g/mol. The van der Waals surface area contributed by atoms with Crippen molar-refractivity contribution in [3.05, 3.63) is 243 Å². The van der Waals surface area contributed by atoms with Crippen LogP contribution in [0.5, 0.6) is 0 Å². The minimum Gasteiger partial charge on any atom is -0.382 e. The quantitative estimate of drug-likeness (QED) is 0.0339. The number of likely N-dealkylation sites (tertiary alicyclic amines) is 2. The number of imidazole rings is 4. The maximum atomic E-state index is 12.6. The number of aromatic amines is 8. The summed E-state index contributed by atoms with van der Waals surface area (Å²) in [5.41, 5.74) is 31.9. The normalized spacial score (nSPS) is 16.0. The summed E-state index contributed by atoms with van der Waals surface area (Å²) in [7, 11) is 8.64. The van der Waals surface area contributed by atoms with Gasteiger partial charge < -0.3 is 69.8 Å². The minimum atomic E-state index is -0.178. The molecule has 0 unspecified atom stereocenters. The fraction of sp³-hybridized carbons (Fsp3) is 0.301. The molecule has 5 aromatic carbocycles. The van der Waals surface area contributed by atoms with E-state index in [1.54, 1.807) is 24.5 Å². The third-order valence-electron chi connectivity index (χ3n) is 29.6. The molecule has 0 radical (unpaired) electrons. The molecule has 6 aliphatic heterocycles. The molecule has 21 aromatic rings. The fourth-order valence-electron chi connectivity index (χ4n) is 21.2. The zero-order valence-corrected chi connectivity index (χ0v) is 85.1. The van der Waals surface area contributed by atoms with E-state index >= 15 is 0 Å². The maximum Gasteiger partial charge on any atom is 0.255 e. The molecule has 37 nitrogen and oxygen atoms in total. The van der Waals surface area contributed by atoms with Crippen molar-refractivity contribution in [1.82, 2.24) is 150 Å². The summed E-state index contributed by atoms with van der Waals surface area (Å²) in [5, 5.41) is 41.6. The molecule has 150 heavy (non-hydrogen) atoms. The first-order chi connectivity index (χ1) is 73.6. The van der Waals surface area contributed by atoms with Gasteiger partial charge in [0.1, 0.15) is 44.8 Å². The third-order valence-corrected chi connectivity index (χ3v) is 29.6. The number of nitrogens with one attached hydrogen (secondary N) is 10. The van der Waals surface area contributed by atoms with Crippen molar-refractivity contribution < 1.29 is 4.79 Å². The number of fused-ring (bicyclic) bond motifs is 8. The van der Waals surface area contributed by atoms with Crippen LogP contribution in [0.2, 0.25) is 0 Å². The van der Waals surface area contributed by atoms with Crippen LogP contribution in [0, 0.1) is 0 Å². The smallest absolute Gasteiger partial charge is 0.255 e. The van der Waals surface area contributed by atoms with E-state index in [0.29, 0.717) is 23.1 Å². The van der Waals surface area contributed by atoms with Gasteiger partial charge in [-0.3, -0.25) is 74.9 Å². The van der Waals surface area contributed by atoms with E-state index in [-0.39, 0.29) is 5.91 Å². The van der Waals surface area contributed by atoms with Gasteiger partial charge in [-0.25, -0.2) is 19.9 Å². The SMILES string of the molecule is CC(C)Nc1cncc(-c2ccc3[nH]nc(-c4nc5c(N6CCN(C)CC6)cncc5[nH]4)c3c2)c1.CN1CCN(c2cncc3[nH]c(-c4n[nH]c5ccc(-c6cncc(CN7CCCC7)c6)cc45)nc23)CC1.CN1CCN(c2cncc3[nH]c(-c4n[nH]c5ccc(-c6cncc(CN7CCCCC7)c6)cc45)nc23)CC1.CN1CCN(c2cncc3[nH]c(-c4n[nH]c5ccc(-c6cncc(NC(=O)c7ccccc7)c6)cc45)nc23)CC1. The molecule has 1 amide bonds. The highest BCUT2D eigenvalue weighted by Gasteiger charge is 2.29. The lowest BCUT2D eigenvalue weighted by atomic mass is 10.0. The standard InChI is InChI=1S/C30H27N9O.C29H33N9.C28H31N9.C26H29N9/c1-38-9-11-39(12-10-38)26-18-32-17-25-28(26)35-29(34-25)27-23-14-20(7-8-24(23)36-37-27)21-13-22(16-31-15-21)33-30(40)19-5-3-2-4-6-19;1-36-9-11-38(12-10-36)26-18-31-17-25-28(26)33-29(32-25)27-23-14-21(5-6-24(23)34-35-27)22-13-20(15-30-16-22)19-37-7-3-2-4-8-37;1-35-8-10-37(11-9-35)25-17-30-16-24-27(25)32-28(31-24)26-22-13-20(4-5-23(22)33-34-26)21-12-19(14-29-15-21)18-36-6-2-3-7-36;1-16(2)29-19-10-18(12-27-13-19)17-4-5-21-20(11-17)24(33-32-21)26-30-22-14-28-15-23(25(22)31-26)35-8-6-34(3)7-9-35/h2-8,13-18H,9-12H2,1H3,(H,33,40)(H,34,35)(H,36,37);5-6,13-18H,2-4,7-12,19H2,1H3,(H,32,33)(H,34,35);4-5,12-17H,2-3,6-11,18H2,1H3,(H,31,32)(H,33,34);4-5,10-16,29H,6-9H2,1-3H3,(H,30,31)(H,32,33). The number of piperidine rings is 1. The number of amides is 1. The van der Waals surface area contributed by atoms with Crippen molar-refractivity contribution in [1.29, 1.82) is 0 Å². The summed E-state index contributed by atoms with van der Waals surface area (Å²) in [6, 6.07) is 43.3. The Labute approximate surface area is 865 Å². The molecule has 6 aliphatic rings. The van der Waals surface area contributed by atoms with Gasteiger partial charge in [-0.2, -0.15) is 20.4 Å². The number of aromatic nitrogens is 24. The zero-order chi connectivity index (χ0) is 101. The molecule has 0 saturated carbocycles. The number of rotatable bonds is 20. The maximum absolute atomic E-state index is 12.6. The molecule has 37 heteroatoms. The van der Waals surface area contributed by atoms with Gasteiger partial charge in [0.05, 0.1) is 134 Å². The van der Waals surface area contributed by atoms with Gasteiger partial charge in [0.25, 0.3) is 5.91 Å². The predicted molar refractivity (Wildman–Crippen MR) is 594 cm³/mol. The molecule has 22 heterocycles. The predicted octanol–water partition coefficient (Wildman–Crippen LogP) is 16.9. The van der Waals surface area contributed by atoms with Crippen molar-refractivity contribution in [3.63, 3.8) is 0 Å². The van der Waals surface area contributed by atoms with Crippen LogP contribution < -0.4 is 30.2 Å². The Bertz CT molecular complexity index is 8390. The Morgan fingerprint density at radius 1 is 0.293 bits per heavy atom. The van der Waals surface area contributed by atoms with E-state index in [1.807, 2.05) is 123 Å². The number of benzene rings is 5. The fourth-order valence-corrected chi connectivity index (χ4v) is 21.2. The number of likely N-dealkylation sites (N-methyl/N-ethyl adjacent to an activating group) is 4. The van der Waals surface area contributed by atoms with Gasteiger partial charge in [-0.15, -0.1) is 0 Å². The largest absolute Gasteiger partial charge is 0.382 e. The molecule has 0 bridgehead atoms. The van der Waals surface area contributed by atoms with Crippen molar-refractivity contribution in [2.75, 3.05) is 189 Å². The highest BCUT2D eigenvalue weighted by molar-refractivity contribution is 6.06. The van der Waals surface area contributed by atoms with Gasteiger partial charge in [-0.1, -0.05) is 48.9 Å². The highest BCUT2D eigenvalue weighted by atomic mass is 16.1. The second-order valence-corrected chi connectivity index (χ2v) is 40.6. The monoisotopic (exact) mass is 2000 g/mol. The lowest BCUT2D eigenvalue weighted by molar-refractivity contribution is 0.102. The molecule has 0 spiro atoms. The summed E-state index contributed by atoms with van der Waals surface area (Å²) >= 11 is 0. The number of piperazine rings is 4. The third kappa shape index (κ3) is 20.4. The Hall–Kier alpha value is -16.7. The number of carbonyl (C=O) groups is 1. The first-order valence-electron chi connectivity index (χ1n) is 52.0.